The van der Waals surface area contributed by atoms with Gasteiger partial charge in [0.2, 0.25) is 0 Å². The van der Waals surface area contributed by atoms with Crippen molar-refractivity contribution in [2.75, 3.05) is 6.54 Å². The summed E-state index contributed by atoms with van der Waals surface area (Å²) in [6.07, 6.45) is 0.858. The Labute approximate surface area is 103 Å². The van der Waals surface area contributed by atoms with Gasteiger partial charge in [-0.25, -0.2) is 4.79 Å². The van der Waals surface area contributed by atoms with Gasteiger partial charge in [0, 0.05) is 13.0 Å². The summed E-state index contributed by atoms with van der Waals surface area (Å²) in [6.45, 7) is 10.0. The van der Waals surface area contributed by atoms with Crippen LogP contribution in [0.1, 0.15) is 47.5 Å². The van der Waals surface area contributed by atoms with E-state index in [0.717, 1.165) is 6.42 Å². The van der Waals surface area contributed by atoms with Crippen molar-refractivity contribution in [2.24, 2.45) is 5.92 Å². The molecule has 0 radical (unpaired) electrons. The molecular weight excluding hydrogens is 218 g/mol. The van der Waals surface area contributed by atoms with E-state index in [0.29, 0.717) is 18.9 Å². The number of likely N-dealkylation sites (tertiary alicyclic amines) is 1. The first-order valence-electron chi connectivity index (χ1n) is 6.27. The SMILES string of the molecule is CCC(=O)[C@@H]1C[C@H](C)CN1C(=O)OC(C)(C)C. The fourth-order valence-corrected chi connectivity index (χ4v) is 2.11. The predicted molar refractivity (Wildman–Crippen MR) is 65.8 cm³/mol. The number of amides is 1. The lowest BCUT2D eigenvalue weighted by Gasteiger charge is -2.27. The summed E-state index contributed by atoms with van der Waals surface area (Å²) in [6, 6.07) is -0.287. The van der Waals surface area contributed by atoms with Gasteiger partial charge in [0.1, 0.15) is 5.60 Å². The molecule has 0 aliphatic carbocycles. The first-order chi connectivity index (χ1) is 7.74. The standard InChI is InChI=1S/C13H23NO3/c1-6-11(15)10-7-9(2)8-14(10)12(16)17-13(3,4)5/h9-10H,6-8H2,1-5H3/t9-,10-/m0/s1. The summed E-state index contributed by atoms with van der Waals surface area (Å²) >= 11 is 0. The van der Waals surface area contributed by atoms with Crippen molar-refractivity contribution in [3.63, 3.8) is 0 Å². The smallest absolute Gasteiger partial charge is 0.410 e. The van der Waals surface area contributed by atoms with Crippen molar-refractivity contribution in [1.82, 2.24) is 4.90 Å². The van der Waals surface area contributed by atoms with Crippen LogP contribution in [0.25, 0.3) is 0 Å². The zero-order valence-corrected chi connectivity index (χ0v) is 11.4. The molecule has 4 heteroatoms. The van der Waals surface area contributed by atoms with Gasteiger partial charge in [-0.1, -0.05) is 13.8 Å². The second kappa shape index (κ2) is 5.07. The molecule has 0 bridgehead atoms. The zero-order valence-electron chi connectivity index (χ0n) is 11.4. The van der Waals surface area contributed by atoms with E-state index in [1.54, 1.807) is 4.90 Å². The lowest BCUT2D eigenvalue weighted by molar-refractivity contribution is -0.123. The average molecular weight is 241 g/mol. The summed E-state index contributed by atoms with van der Waals surface area (Å²) in [5.41, 5.74) is -0.511. The largest absolute Gasteiger partial charge is 0.444 e. The van der Waals surface area contributed by atoms with Crippen LogP contribution in [0.15, 0.2) is 0 Å². The molecule has 98 valence electrons. The number of hydrogen-bond donors (Lipinski definition) is 0. The Hall–Kier alpha value is -1.06. The Morgan fingerprint density at radius 1 is 1.35 bits per heavy atom. The lowest BCUT2D eigenvalue weighted by atomic mass is 10.0. The van der Waals surface area contributed by atoms with Crippen molar-refractivity contribution in [3.05, 3.63) is 0 Å². The molecule has 4 nitrogen and oxygen atoms in total. The van der Waals surface area contributed by atoms with Gasteiger partial charge in [-0.3, -0.25) is 9.69 Å². The van der Waals surface area contributed by atoms with E-state index >= 15 is 0 Å². The lowest BCUT2D eigenvalue weighted by Crippen LogP contribution is -2.43. The maximum atomic E-state index is 12.0. The highest BCUT2D eigenvalue weighted by atomic mass is 16.6. The highest BCUT2D eigenvalue weighted by Gasteiger charge is 2.38. The second-order valence-corrected chi connectivity index (χ2v) is 5.81. The van der Waals surface area contributed by atoms with Gasteiger partial charge in [-0.2, -0.15) is 0 Å². The highest BCUT2D eigenvalue weighted by molar-refractivity contribution is 5.87. The number of nitrogens with zero attached hydrogens (tertiary/aromatic N) is 1. The number of ketones is 1. The van der Waals surface area contributed by atoms with Gasteiger partial charge in [-0.05, 0) is 33.1 Å². The van der Waals surface area contributed by atoms with Crippen LogP contribution in [0.3, 0.4) is 0 Å². The first kappa shape index (κ1) is 14.0. The molecule has 1 heterocycles. The minimum atomic E-state index is -0.511. The fourth-order valence-electron chi connectivity index (χ4n) is 2.11. The molecule has 1 aliphatic heterocycles. The molecule has 0 unspecified atom stereocenters. The summed E-state index contributed by atoms with van der Waals surface area (Å²) in [7, 11) is 0. The zero-order chi connectivity index (χ0) is 13.2. The van der Waals surface area contributed by atoms with Crippen LogP contribution in [0.2, 0.25) is 0 Å². The Kier molecular flexibility index (Phi) is 4.17. The minimum absolute atomic E-state index is 0.125. The van der Waals surface area contributed by atoms with Gasteiger partial charge in [0.25, 0.3) is 0 Å². The number of ether oxygens (including phenoxy) is 1. The van der Waals surface area contributed by atoms with Crippen molar-refractivity contribution in [2.45, 2.75) is 59.1 Å². The Bertz CT molecular complexity index is 306. The second-order valence-electron chi connectivity index (χ2n) is 5.81. The third-order valence-corrected chi connectivity index (χ3v) is 2.86. The fraction of sp³-hybridized carbons (Fsp3) is 0.846. The van der Waals surface area contributed by atoms with E-state index in [4.69, 9.17) is 4.74 Å². The molecule has 1 fully saturated rings. The number of carbonyl (C=O) groups is 2. The van der Waals surface area contributed by atoms with E-state index in [1.807, 2.05) is 27.7 Å². The Balaban J connectivity index is 2.73. The number of rotatable bonds is 2. The summed E-state index contributed by atoms with van der Waals surface area (Å²) < 4.78 is 5.33. The molecule has 0 saturated carbocycles. The summed E-state index contributed by atoms with van der Waals surface area (Å²) in [5.74, 6) is 0.489. The summed E-state index contributed by atoms with van der Waals surface area (Å²) in [5, 5.41) is 0. The quantitative estimate of drug-likeness (QED) is 0.746. The van der Waals surface area contributed by atoms with E-state index in [-0.39, 0.29) is 17.9 Å². The van der Waals surface area contributed by atoms with E-state index in [1.165, 1.54) is 0 Å². The van der Waals surface area contributed by atoms with E-state index in [9.17, 15) is 9.59 Å². The van der Waals surface area contributed by atoms with Gasteiger partial charge < -0.3 is 4.74 Å². The molecule has 0 aromatic heterocycles. The maximum Gasteiger partial charge on any atom is 0.410 e. The van der Waals surface area contributed by atoms with Crippen LogP contribution < -0.4 is 0 Å². The maximum absolute atomic E-state index is 12.0. The van der Waals surface area contributed by atoms with Crippen molar-refractivity contribution in [1.29, 1.82) is 0 Å². The van der Waals surface area contributed by atoms with Crippen LogP contribution in [0, 0.1) is 5.92 Å². The van der Waals surface area contributed by atoms with E-state index in [2.05, 4.69) is 6.92 Å². The topological polar surface area (TPSA) is 46.6 Å². The third kappa shape index (κ3) is 3.72. The van der Waals surface area contributed by atoms with Crippen molar-refractivity contribution in [3.8, 4) is 0 Å². The molecule has 1 aliphatic rings. The predicted octanol–water partition coefficient (Wildman–Crippen LogP) is 2.61. The highest BCUT2D eigenvalue weighted by Crippen LogP contribution is 2.26. The van der Waals surface area contributed by atoms with Gasteiger partial charge >= 0.3 is 6.09 Å². The molecular formula is C13H23NO3. The average Bonchev–Trinajstić information content (AvgIpc) is 2.56. The monoisotopic (exact) mass is 241 g/mol. The van der Waals surface area contributed by atoms with Crippen LogP contribution >= 0.6 is 0 Å². The molecule has 1 saturated heterocycles. The first-order valence-corrected chi connectivity index (χ1v) is 6.27. The van der Waals surface area contributed by atoms with Crippen LogP contribution in [-0.2, 0) is 9.53 Å². The molecule has 0 aromatic rings. The van der Waals surface area contributed by atoms with Gasteiger partial charge in [0.15, 0.2) is 5.78 Å². The molecule has 2 atom stereocenters. The minimum Gasteiger partial charge on any atom is -0.444 e. The van der Waals surface area contributed by atoms with Crippen LogP contribution in [0.4, 0.5) is 4.79 Å². The normalized spacial score (nSPS) is 24.9. The number of carbonyl (C=O) groups excluding carboxylic acids is 2. The van der Waals surface area contributed by atoms with Gasteiger partial charge in [-0.15, -0.1) is 0 Å². The molecule has 0 spiro atoms. The molecule has 0 N–H and O–H groups in total. The van der Waals surface area contributed by atoms with Gasteiger partial charge in [0.05, 0.1) is 6.04 Å². The molecule has 0 aromatic carbocycles. The summed E-state index contributed by atoms with van der Waals surface area (Å²) in [4.78, 5) is 25.4. The molecule has 17 heavy (non-hydrogen) atoms. The third-order valence-electron chi connectivity index (χ3n) is 2.86. The number of Topliss-reactive ketones (excluding diaryl/α,β-unsaturated/α-hetero) is 1. The Morgan fingerprint density at radius 3 is 2.41 bits per heavy atom. The molecule has 1 rings (SSSR count). The van der Waals surface area contributed by atoms with E-state index < -0.39 is 5.60 Å². The number of hydrogen-bond acceptors (Lipinski definition) is 3. The van der Waals surface area contributed by atoms with Crippen LogP contribution in [-0.4, -0.2) is 35.0 Å². The molecule has 1 amide bonds. The Morgan fingerprint density at radius 2 is 1.94 bits per heavy atom. The van der Waals surface area contributed by atoms with Crippen LogP contribution in [0.5, 0.6) is 0 Å². The van der Waals surface area contributed by atoms with Crippen molar-refractivity contribution < 1.29 is 14.3 Å². The van der Waals surface area contributed by atoms with Crippen molar-refractivity contribution >= 4 is 11.9 Å².